The minimum atomic E-state index is -0.159. The maximum atomic E-state index is 13.0. The summed E-state index contributed by atoms with van der Waals surface area (Å²) < 4.78 is 5.67. The fourth-order valence-corrected chi connectivity index (χ4v) is 4.73. The first-order chi connectivity index (χ1) is 19.6. The van der Waals surface area contributed by atoms with Gasteiger partial charge in [0.1, 0.15) is 11.6 Å². The zero-order valence-electron chi connectivity index (χ0n) is 22.4. The molecule has 2 aromatic heterocycles. The van der Waals surface area contributed by atoms with Crippen LogP contribution in [-0.4, -0.2) is 75.4 Å². The lowest BCUT2D eigenvalue weighted by Crippen LogP contribution is -2.45. The number of amides is 1. The fourth-order valence-electron chi connectivity index (χ4n) is 4.73. The lowest BCUT2D eigenvalue weighted by Gasteiger charge is -2.32. The van der Waals surface area contributed by atoms with Gasteiger partial charge in [0, 0.05) is 61.9 Å². The molecule has 9 heteroatoms. The Kier molecular flexibility index (Phi) is 7.47. The standard InChI is InChI=1S/C31H31N7O2/c1-37-17-19-38(20-18-37)16-13-22-3-8-25(9-4-22)34-30(39)24-7-12-27-28(21-24)36-29(35-27)23-5-10-26(11-6-23)40-31-32-14-2-15-33-31/h2-12,14-15,21H,13,16-20H2,1H3,(H,34,39)(H,35,36). The molecule has 0 bridgehead atoms. The van der Waals surface area contributed by atoms with Crippen molar-refractivity contribution in [3.63, 3.8) is 0 Å². The molecule has 0 saturated carbocycles. The Morgan fingerprint density at radius 1 is 0.950 bits per heavy atom. The van der Waals surface area contributed by atoms with Crippen LogP contribution in [0.4, 0.5) is 5.69 Å². The van der Waals surface area contributed by atoms with Crippen molar-refractivity contribution in [1.29, 1.82) is 0 Å². The van der Waals surface area contributed by atoms with Crippen molar-refractivity contribution in [2.75, 3.05) is 45.1 Å². The zero-order valence-corrected chi connectivity index (χ0v) is 22.4. The molecular formula is C31H31N7O2. The molecule has 3 heterocycles. The Balaban J connectivity index is 1.07. The van der Waals surface area contributed by atoms with Crippen LogP contribution in [0.1, 0.15) is 15.9 Å². The molecule has 1 saturated heterocycles. The fraction of sp³-hybridized carbons (Fsp3) is 0.226. The number of carbonyl (C=O) groups is 1. The summed E-state index contributed by atoms with van der Waals surface area (Å²) in [5, 5.41) is 3.01. The molecule has 202 valence electrons. The average molecular weight is 534 g/mol. The summed E-state index contributed by atoms with van der Waals surface area (Å²) >= 11 is 0. The second-order valence-corrected chi connectivity index (χ2v) is 10.0. The van der Waals surface area contributed by atoms with Crippen LogP contribution in [0.3, 0.4) is 0 Å². The van der Waals surface area contributed by atoms with Gasteiger partial charge in [-0.25, -0.2) is 15.0 Å². The second kappa shape index (κ2) is 11.6. The molecule has 0 atom stereocenters. The van der Waals surface area contributed by atoms with Crippen molar-refractivity contribution in [2.24, 2.45) is 0 Å². The predicted octanol–water partition coefficient (Wildman–Crippen LogP) is 4.85. The molecule has 1 aliphatic rings. The third-order valence-corrected chi connectivity index (χ3v) is 7.15. The van der Waals surface area contributed by atoms with E-state index in [2.05, 4.69) is 54.2 Å². The molecule has 1 fully saturated rings. The van der Waals surface area contributed by atoms with E-state index in [0.29, 0.717) is 23.1 Å². The number of rotatable bonds is 8. The number of H-pyrrole nitrogens is 1. The summed E-state index contributed by atoms with van der Waals surface area (Å²) in [5.74, 6) is 1.18. The number of aromatic amines is 1. The Morgan fingerprint density at radius 2 is 1.70 bits per heavy atom. The first-order valence-electron chi connectivity index (χ1n) is 13.5. The van der Waals surface area contributed by atoms with Crippen molar-refractivity contribution in [2.45, 2.75) is 6.42 Å². The number of imidazole rings is 1. The van der Waals surface area contributed by atoms with Crippen molar-refractivity contribution in [1.82, 2.24) is 29.7 Å². The van der Waals surface area contributed by atoms with Crippen LogP contribution in [0.2, 0.25) is 0 Å². The van der Waals surface area contributed by atoms with Gasteiger partial charge in [0.25, 0.3) is 5.91 Å². The second-order valence-electron chi connectivity index (χ2n) is 10.0. The number of fused-ring (bicyclic) bond motifs is 1. The maximum absolute atomic E-state index is 13.0. The smallest absolute Gasteiger partial charge is 0.321 e. The van der Waals surface area contributed by atoms with Gasteiger partial charge >= 0.3 is 6.01 Å². The van der Waals surface area contributed by atoms with Crippen LogP contribution >= 0.6 is 0 Å². The molecule has 0 aliphatic carbocycles. The molecule has 6 rings (SSSR count). The van der Waals surface area contributed by atoms with Crippen molar-refractivity contribution in [3.05, 3.63) is 96.3 Å². The van der Waals surface area contributed by atoms with E-state index in [0.717, 1.165) is 61.4 Å². The number of aromatic nitrogens is 4. The highest BCUT2D eigenvalue weighted by atomic mass is 16.5. The summed E-state index contributed by atoms with van der Waals surface area (Å²) in [6, 6.07) is 23.2. The quantitative estimate of drug-likeness (QED) is 0.294. The highest BCUT2D eigenvalue weighted by Crippen LogP contribution is 2.25. The molecule has 2 N–H and O–H groups in total. The minimum absolute atomic E-state index is 0.159. The van der Waals surface area contributed by atoms with E-state index >= 15 is 0 Å². The number of hydrogen-bond donors (Lipinski definition) is 2. The predicted molar refractivity (Wildman–Crippen MR) is 156 cm³/mol. The van der Waals surface area contributed by atoms with Crippen molar-refractivity contribution >= 4 is 22.6 Å². The SMILES string of the molecule is CN1CCN(CCc2ccc(NC(=O)c3ccc4nc(-c5ccc(Oc6ncccn6)cc5)[nH]c4c3)cc2)CC1. The van der Waals surface area contributed by atoms with Gasteiger partial charge in [-0.3, -0.25) is 4.79 Å². The third-order valence-electron chi connectivity index (χ3n) is 7.15. The van der Waals surface area contributed by atoms with E-state index < -0.39 is 0 Å². The first kappa shape index (κ1) is 25.7. The van der Waals surface area contributed by atoms with Gasteiger partial charge in [-0.2, -0.15) is 0 Å². The van der Waals surface area contributed by atoms with Crippen LogP contribution in [-0.2, 0) is 6.42 Å². The van der Waals surface area contributed by atoms with Gasteiger partial charge in [-0.05, 0) is 79.7 Å². The molecule has 9 nitrogen and oxygen atoms in total. The van der Waals surface area contributed by atoms with Gasteiger partial charge in [0.05, 0.1) is 11.0 Å². The van der Waals surface area contributed by atoms with E-state index in [1.165, 1.54) is 5.56 Å². The maximum Gasteiger partial charge on any atom is 0.321 e. The number of hydrogen-bond acceptors (Lipinski definition) is 7. The van der Waals surface area contributed by atoms with E-state index in [1.54, 1.807) is 24.5 Å². The van der Waals surface area contributed by atoms with Crippen LogP contribution in [0.15, 0.2) is 85.2 Å². The van der Waals surface area contributed by atoms with Crippen LogP contribution in [0.25, 0.3) is 22.4 Å². The Morgan fingerprint density at radius 3 is 2.45 bits per heavy atom. The van der Waals surface area contributed by atoms with E-state index in [9.17, 15) is 4.79 Å². The van der Waals surface area contributed by atoms with Crippen molar-refractivity contribution < 1.29 is 9.53 Å². The van der Waals surface area contributed by atoms with Crippen molar-refractivity contribution in [3.8, 4) is 23.1 Å². The normalized spacial score (nSPS) is 14.3. The van der Waals surface area contributed by atoms with E-state index in [4.69, 9.17) is 4.74 Å². The number of carbonyl (C=O) groups excluding carboxylic acids is 1. The summed E-state index contributed by atoms with van der Waals surface area (Å²) in [6.45, 7) is 5.57. The summed E-state index contributed by atoms with van der Waals surface area (Å²) in [4.78, 5) is 34.0. The molecule has 1 aliphatic heterocycles. The third kappa shape index (κ3) is 6.17. The number of benzene rings is 3. The van der Waals surface area contributed by atoms with Gasteiger partial charge in [-0.15, -0.1) is 0 Å². The molecule has 0 spiro atoms. The Labute approximate surface area is 232 Å². The molecule has 1 amide bonds. The van der Waals surface area contributed by atoms with Gasteiger partial charge < -0.3 is 24.8 Å². The molecule has 40 heavy (non-hydrogen) atoms. The van der Waals surface area contributed by atoms with Gasteiger partial charge in [0.15, 0.2) is 0 Å². The van der Waals surface area contributed by atoms with Crippen LogP contribution in [0, 0.1) is 0 Å². The highest BCUT2D eigenvalue weighted by Gasteiger charge is 2.14. The van der Waals surface area contributed by atoms with E-state index in [-0.39, 0.29) is 5.91 Å². The Hall–Kier alpha value is -4.60. The molecule has 0 unspecified atom stereocenters. The number of nitrogens with one attached hydrogen (secondary N) is 2. The van der Waals surface area contributed by atoms with Gasteiger partial charge in [0.2, 0.25) is 0 Å². The van der Waals surface area contributed by atoms with Gasteiger partial charge in [-0.1, -0.05) is 12.1 Å². The van der Waals surface area contributed by atoms with Crippen LogP contribution < -0.4 is 10.1 Å². The van der Waals surface area contributed by atoms with Crippen LogP contribution in [0.5, 0.6) is 11.8 Å². The number of anilines is 1. The number of nitrogens with zero attached hydrogens (tertiary/aromatic N) is 5. The minimum Gasteiger partial charge on any atom is -0.424 e. The number of likely N-dealkylation sites (N-methyl/N-ethyl adjacent to an activating group) is 1. The lowest BCUT2D eigenvalue weighted by atomic mass is 10.1. The summed E-state index contributed by atoms with van der Waals surface area (Å²) in [7, 11) is 2.18. The number of ether oxygens (including phenoxy) is 1. The number of piperazine rings is 1. The van der Waals surface area contributed by atoms with E-state index in [1.807, 2.05) is 48.5 Å². The summed E-state index contributed by atoms with van der Waals surface area (Å²) in [5.41, 5.74) is 5.09. The highest BCUT2D eigenvalue weighted by molar-refractivity contribution is 6.06. The average Bonchev–Trinajstić information content (AvgIpc) is 3.42. The molecular weight excluding hydrogens is 502 g/mol. The largest absolute Gasteiger partial charge is 0.424 e. The molecule has 0 radical (unpaired) electrons. The zero-order chi connectivity index (χ0) is 27.3. The topological polar surface area (TPSA) is 99.3 Å². The first-order valence-corrected chi connectivity index (χ1v) is 13.5. The molecule has 3 aromatic carbocycles. The molecule has 5 aromatic rings. The Bertz CT molecular complexity index is 1580. The monoisotopic (exact) mass is 533 g/mol. The lowest BCUT2D eigenvalue weighted by molar-refractivity contribution is 0.102. The summed E-state index contributed by atoms with van der Waals surface area (Å²) in [6.07, 6.45) is 4.27.